The van der Waals surface area contributed by atoms with Crippen molar-refractivity contribution in [3.63, 3.8) is 0 Å². The number of nitrogens with zero attached hydrogens (tertiary/aromatic N) is 5. The summed E-state index contributed by atoms with van der Waals surface area (Å²) in [6.45, 7) is 0.981. The maximum atomic E-state index is 13.1. The molecule has 0 spiro atoms. The third kappa shape index (κ3) is 4.22. The van der Waals surface area contributed by atoms with Crippen LogP contribution in [0.25, 0.3) is 5.65 Å². The molecule has 34 heavy (non-hydrogen) atoms. The summed E-state index contributed by atoms with van der Waals surface area (Å²) >= 11 is 0. The van der Waals surface area contributed by atoms with Crippen LogP contribution in [0, 0.1) is 0 Å². The second-order valence-corrected chi connectivity index (χ2v) is 9.14. The van der Waals surface area contributed by atoms with Gasteiger partial charge in [0.2, 0.25) is 11.8 Å². The minimum absolute atomic E-state index is 0.0612. The number of imide groups is 1. The summed E-state index contributed by atoms with van der Waals surface area (Å²) in [4.78, 5) is 57.2. The van der Waals surface area contributed by atoms with Gasteiger partial charge in [-0.15, -0.1) is 0 Å². The van der Waals surface area contributed by atoms with Crippen LogP contribution >= 0.6 is 0 Å². The predicted molar refractivity (Wildman–Crippen MR) is 121 cm³/mol. The number of carbonyl (C=O) groups excluding carboxylic acids is 4. The van der Waals surface area contributed by atoms with Gasteiger partial charge in [0.05, 0.1) is 17.9 Å². The number of carbonyl (C=O) groups is 4. The first kappa shape index (κ1) is 22.3. The molecule has 2 aliphatic heterocycles. The molecule has 5 amide bonds. The SMILES string of the molecule is O=C(NC1CCCC1)c1cnn2c([C@@H]3CCCN3C(=O)CCN3C(=O)CCNC3=O)ccnc12. The largest absolute Gasteiger partial charge is 0.349 e. The molecule has 5 rings (SSSR count). The van der Waals surface area contributed by atoms with Gasteiger partial charge in [0.25, 0.3) is 5.91 Å². The smallest absolute Gasteiger partial charge is 0.324 e. The average Bonchev–Trinajstić information content (AvgIpc) is 3.58. The van der Waals surface area contributed by atoms with E-state index >= 15 is 0 Å². The first-order valence-corrected chi connectivity index (χ1v) is 12.0. The molecule has 2 saturated heterocycles. The monoisotopic (exact) mass is 467 g/mol. The van der Waals surface area contributed by atoms with Crippen LogP contribution in [0.5, 0.6) is 0 Å². The Morgan fingerprint density at radius 2 is 1.97 bits per heavy atom. The highest BCUT2D eigenvalue weighted by atomic mass is 16.2. The number of amides is 5. The van der Waals surface area contributed by atoms with Gasteiger partial charge in [0.1, 0.15) is 5.56 Å². The van der Waals surface area contributed by atoms with Gasteiger partial charge in [-0.2, -0.15) is 5.10 Å². The van der Waals surface area contributed by atoms with Crippen LogP contribution in [-0.4, -0.2) is 73.8 Å². The van der Waals surface area contributed by atoms with Gasteiger partial charge in [-0.1, -0.05) is 12.8 Å². The maximum absolute atomic E-state index is 13.1. The fourth-order valence-electron chi connectivity index (χ4n) is 5.23. The van der Waals surface area contributed by atoms with Crippen molar-refractivity contribution in [2.75, 3.05) is 19.6 Å². The van der Waals surface area contributed by atoms with E-state index in [4.69, 9.17) is 0 Å². The third-order valence-electron chi connectivity index (χ3n) is 6.99. The van der Waals surface area contributed by atoms with Gasteiger partial charge in [-0.05, 0) is 31.7 Å². The van der Waals surface area contributed by atoms with E-state index in [0.717, 1.165) is 49.1 Å². The first-order chi connectivity index (χ1) is 16.5. The molecule has 0 radical (unpaired) electrons. The quantitative estimate of drug-likeness (QED) is 0.661. The van der Waals surface area contributed by atoms with Crippen molar-refractivity contribution in [3.05, 3.63) is 29.7 Å². The summed E-state index contributed by atoms with van der Waals surface area (Å²) in [5.41, 5.74) is 1.70. The van der Waals surface area contributed by atoms with Crippen molar-refractivity contribution < 1.29 is 19.2 Å². The standard InChI is InChI=1S/C23H29N7O4/c31-19-8-11-25-23(34)29(19)13-9-20(32)28-12-3-6-17(28)18-7-10-24-21-16(14-26-30(18)21)22(33)27-15-4-1-2-5-15/h7,10,14-15,17H,1-6,8-9,11-13H2,(H,25,34)(H,27,33)/t17-/m0/s1. The number of urea groups is 1. The van der Waals surface area contributed by atoms with E-state index < -0.39 is 6.03 Å². The number of fused-ring (bicyclic) bond motifs is 1. The molecule has 3 aliphatic rings. The molecule has 2 aromatic heterocycles. The van der Waals surface area contributed by atoms with Gasteiger partial charge in [0.15, 0.2) is 5.65 Å². The van der Waals surface area contributed by atoms with E-state index in [1.807, 2.05) is 6.07 Å². The summed E-state index contributed by atoms with van der Waals surface area (Å²) in [7, 11) is 0. The lowest BCUT2D eigenvalue weighted by Crippen LogP contribution is -2.50. The second kappa shape index (κ2) is 9.40. The Bertz CT molecular complexity index is 1110. The fraction of sp³-hybridized carbons (Fsp3) is 0.565. The zero-order valence-corrected chi connectivity index (χ0v) is 19.0. The van der Waals surface area contributed by atoms with Crippen molar-refractivity contribution in [2.45, 2.75) is 63.5 Å². The van der Waals surface area contributed by atoms with E-state index in [2.05, 4.69) is 20.7 Å². The van der Waals surface area contributed by atoms with Gasteiger partial charge in [0, 0.05) is 44.7 Å². The minimum atomic E-state index is -0.446. The van der Waals surface area contributed by atoms with Crippen LogP contribution in [-0.2, 0) is 9.59 Å². The fourth-order valence-corrected chi connectivity index (χ4v) is 5.23. The van der Waals surface area contributed by atoms with Crippen LogP contribution in [0.15, 0.2) is 18.5 Å². The van der Waals surface area contributed by atoms with E-state index in [-0.39, 0.29) is 49.2 Å². The Balaban J connectivity index is 1.32. The molecule has 180 valence electrons. The lowest BCUT2D eigenvalue weighted by molar-refractivity contribution is -0.133. The van der Waals surface area contributed by atoms with Crippen LogP contribution in [0.4, 0.5) is 4.79 Å². The van der Waals surface area contributed by atoms with E-state index in [1.165, 1.54) is 6.20 Å². The van der Waals surface area contributed by atoms with E-state index in [1.54, 1.807) is 15.6 Å². The summed E-state index contributed by atoms with van der Waals surface area (Å²) < 4.78 is 1.65. The zero-order chi connectivity index (χ0) is 23.7. The number of aromatic nitrogens is 3. The van der Waals surface area contributed by atoms with Crippen LogP contribution in [0.2, 0.25) is 0 Å². The number of likely N-dealkylation sites (tertiary alicyclic amines) is 1. The number of hydrogen-bond acceptors (Lipinski definition) is 6. The molecule has 0 bridgehead atoms. The molecule has 1 saturated carbocycles. The Labute approximate surface area is 196 Å². The highest BCUT2D eigenvalue weighted by Crippen LogP contribution is 2.32. The van der Waals surface area contributed by atoms with Crippen molar-refractivity contribution in [2.24, 2.45) is 0 Å². The molecule has 2 aromatic rings. The lowest BCUT2D eigenvalue weighted by atomic mass is 10.1. The zero-order valence-electron chi connectivity index (χ0n) is 19.0. The Morgan fingerprint density at radius 1 is 1.15 bits per heavy atom. The number of nitrogens with one attached hydrogen (secondary N) is 2. The lowest BCUT2D eigenvalue weighted by Gasteiger charge is -2.28. The van der Waals surface area contributed by atoms with Gasteiger partial charge in [-0.3, -0.25) is 19.3 Å². The molecule has 0 aromatic carbocycles. The molecule has 4 heterocycles. The Hall–Kier alpha value is -3.50. The molecular formula is C23H29N7O4. The maximum Gasteiger partial charge on any atom is 0.324 e. The topological polar surface area (TPSA) is 129 Å². The van der Waals surface area contributed by atoms with Crippen LogP contribution < -0.4 is 10.6 Å². The highest BCUT2D eigenvalue weighted by Gasteiger charge is 2.34. The van der Waals surface area contributed by atoms with Crippen molar-refractivity contribution in [1.29, 1.82) is 0 Å². The Morgan fingerprint density at radius 3 is 2.76 bits per heavy atom. The van der Waals surface area contributed by atoms with Crippen molar-refractivity contribution >= 4 is 29.4 Å². The predicted octanol–water partition coefficient (Wildman–Crippen LogP) is 1.40. The summed E-state index contributed by atoms with van der Waals surface area (Å²) in [6, 6.07) is 1.37. The summed E-state index contributed by atoms with van der Waals surface area (Å²) in [5.74, 6) is -0.550. The molecule has 1 atom stereocenters. The van der Waals surface area contributed by atoms with Gasteiger partial charge >= 0.3 is 6.03 Å². The normalized spacial score (nSPS) is 21.4. The van der Waals surface area contributed by atoms with Gasteiger partial charge in [-0.25, -0.2) is 14.3 Å². The average molecular weight is 468 g/mol. The summed E-state index contributed by atoms with van der Waals surface area (Å²) in [5, 5.41) is 10.2. The van der Waals surface area contributed by atoms with Crippen molar-refractivity contribution in [1.82, 2.24) is 35.0 Å². The third-order valence-corrected chi connectivity index (χ3v) is 6.99. The van der Waals surface area contributed by atoms with E-state index in [0.29, 0.717) is 24.3 Å². The Kier molecular flexibility index (Phi) is 6.16. The molecule has 11 nitrogen and oxygen atoms in total. The molecular weight excluding hydrogens is 438 g/mol. The van der Waals surface area contributed by atoms with E-state index in [9.17, 15) is 19.2 Å². The minimum Gasteiger partial charge on any atom is -0.349 e. The highest BCUT2D eigenvalue weighted by molar-refractivity contribution is 6.00. The molecule has 1 aliphatic carbocycles. The number of rotatable bonds is 6. The summed E-state index contributed by atoms with van der Waals surface area (Å²) in [6.07, 6.45) is 9.34. The second-order valence-electron chi connectivity index (χ2n) is 9.14. The van der Waals surface area contributed by atoms with Gasteiger partial charge < -0.3 is 15.5 Å². The molecule has 0 unspecified atom stereocenters. The molecule has 3 fully saturated rings. The molecule has 2 N–H and O–H groups in total. The van der Waals surface area contributed by atoms with Crippen LogP contribution in [0.3, 0.4) is 0 Å². The van der Waals surface area contributed by atoms with Crippen LogP contribution in [0.1, 0.15) is 73.5 Å². The molecule has 11 heteroatoms. The first-order valence-electron chi connectivity index (χ1n) is 12.0. The number of hydrogen-bond donors (Lipinski definition) is 2. The van der Waals surface area contributed by atoms with Crippen molar-refractivity contribution in [3.8, 4) is 0 Å².